The molecule has 0 fully saturated rings. The van der Waals surface area contributed by atoms with Gasteiger partial charge in [-0.3, -0.25) is 4.79 Å². The molecule has 0 bridgehead atoms. The fraction of sp³-hybridized carbons (Fsp3) is 0.133. The van der Waals surface area contributed by atoms with Crippen LogP contribution >= 0.6 is 0 Å². The van der Waals surface area contributed by atoms with Gasteiger partial charge in [-0.15, -0.1) is 0 Å². The molecule has 2 rings (SSSR count). The van der Waals surface area contributed by atoms with E-state index in [1.165, 1.54) is 7.05 Å². The number of aliphatic hydroxyl groups is 1. The van der Waals surface area contributed by atoms with E-state index >= 15 is 0 Å². The lowest BCUT2D eigenvalue weighted by molar-refractivity contribution is 0.0960. The lowest BCUT2D eigenvalue weighted by atomic mass is 10.2. The average Bonchev–Trinajstić information content (AvgIpc) is 2.53. The summed E-state index contributed by atoms with van der Waals surface area (Å²) < 4.78 is 12.7. The number of nitrogens with one attached hydrogen (secondary N) is 1. The zero-order valence-corrected chi connectivity index (χ0v) is 11.8. The van der Waals surface area contributed by atoms with E-state index < -0.39 is 10.8 Å². The van der Waals surface area contributed by atoms with Crippen LogP contribution in [0.5, 0.6) is 0 Å². The Bertz CT molecular complexity index is 655. The van der Waals surface area contributed by atoms with E-state index in [-0.39, 0.29) is 12.5 Å². The predicted molar refractivity (Wildman–Crippen MR) is 76.9 cm³/mol. The first-order valence-electron chi connectivity index (χ1n) is 6.10. The van der Waals surface area contributed by atoms with Gasteiger partial charge in [-0.05, 0) is 23.8 Å². The summed E-state index contributed by atoms with van der Waals surface area (Å²) in [6, 6.07) is 13.7. The molecule has 1 atom stereocenters. The Labute approximate surface area is 119 Å². The zero-order valence-electron chi connectivity index (χ0n) is 11.0. The maximum atomic E-state index is 12.7. The monoisotopic (exact) mass is 289 g/mol. The number of hydrogen-bond donors (Lipinski definition) is 2. The molecule has 0 saturated heterocycles. The van der Waals surface area contributed by atoms with Crippen molar-refractivity contribution in [2.75, 3.05) is 7.05 Å². The molecule has 0 spiro atoms. The van der Waals surface area contributed by atoms with E-state index in [4.69, 9.17) is 0 Å². The smallest absolute Gasteiger partial charge is 0.252 e. The second-order valence-corrected chi connectivity index (χ2v) is 5.53. The van der Waals surface area contributed by atoms with Crippen molar-refractivity contribution in [1.29, 1.82) is 0 Å². The molecule has 0 aromatic heterocycles. The Morgan fingerprint density at radius 1 is 1.10 bits per heavy atom. The number of hydrogen-bond acceptors (Lipinski definition) is 3. The highest BCUT2D eigenvalue weighted by Crippen LogP contribution is 2.23. The molecule has 4 nitrogen and oxygen atoms in total. The molecule has 2 aromatic rings. The molecule has 0 saturated carbocycles. The Balaban J connectivity index is 2.51. The van der Waals surface area contributed by atoms with Crippen molar-refractivity contribution in [2.45, 2.75) is 16.4 Å². The van der Waals surface area contributed by atoms with Gasteiger partial charge < -0.3 is 10.4 Å². The topological polar surface area (TPSA) is 66.4 Å². The number of rotatable bonds is 4. The number of amides is 1. The van der Waals surface area contributed by atoms with Crippen LogP contribution < -0.4 is 5.32 Å². The van der Waals surface area contributed by atoms with Crippen molar-refractivity contribution in [3.8, 4) is 0 Å². The second kappa shape index (κ2) is 6.45. The van der Waals surface area contributed by atoms with Crippen molar-refractivity contribution in [3.63, 3.8) is 0 Å². The molecule has 0 heterocycles. The van der Waals surface area contributed by atoms with E-state index in [1.807, 2.05) is 0 Å². The molecular weight excluding hydrogens is 274 g/mol. The summed E-state index contributed by atoms with van der Waals surface area (Å²) in [7, 11) is 0.0187. The number of benzene rings is 2. The first kappa shape index (κ1) is 14.4. The van der Waals surface area contributed by atoms with Crippen molar-refractivity contribution < 1.29 is 14.1 Å². The summed E-state index contributed by atoms with van der Waals surface area (Å²) in [5, 5.41) is 11.9. The Hall–Kier alpha value is -1.98. The summed E-state index contributed by atoms with van der Waals surface area (Å²) in [5.74, 6) is -0.282. The first-order valence-corrected chi connectivity index (χ1v) is 7.25. The van der Waals surface area contributed by atoms with Crippen molar-refractivity contribution in [2.24, 2.45) is 0 Å². The highest BCUT2D eigenvalue weighted by Gasteiger charge is 2.17. The standard InChI is InChI=1S/C15H15NO3S/c1-16-15(18)12-7-3-5-9-14(12)20(19)13-8-4-2-6-11(13)10-17/h2-9,17H,10H2,1H3,(H,16,18). The van der Waals surface area contributed by atoms with Gasteiger partial charge in [-0.1, -0.05) is 30.3 Å². The average molecular weight is 289 g/mol. The largest absolute Gasteiger partial charge is 0.392 e. The minimum absolute atomic E-state index is 0.190. The second-order valence-electron chi connectivity index (χ2n) is 4.11. The molecule has 1 unspecified atom stereocenters. The molecular formula is C15H15NO3S. The van der Waals surface area contributed by atoms with Gasteiger partial charge in [0.25, 0.3) is 5.91 Å². The van der Waals surface area contributed by atoms with Gasteiger partial charge in [0.15, 0.2) is 0 Å². The first-order chi connectivity index (χ1) is 9.69. The Morgan fingerprint density at radius 3 is 2.35 bits per heavy atom. The number of carbonyl (C=O) groups excluding carboxylic acids is 1. The van der Waals surface area contributed by atoms with Crippen LogP contribution in [0.3, 0.4) is 0 Å². The van der Waals surface area contributed by atoms with Crippen LogP contribution in [0.1, 0.15) is 15.9 Å². The molecule has 2 N–H and O–H groups in total. The third-order valence-electron chi connectivity index (χ3n) is 2.90. The molecule has 1 amide bonds. The highest BCUT2D eigenvalue weighted by atomic mass is 32.2. The minimum atomic E-state index is -1.51. The Kier molecular flexibility index (Phi) is 4.65. The summed E-state index contributed by atoms with van der Waals surface area (Å²) in [4.78, 5) is 12.8. The fourth-order valence-corrected chi connectivity index (χ4v) is 3.26. The molecule has 0 aliphatic carbocycles. The molecule has 0 aliphatic rings. The normalized spacial score (nSPS) is 11.9. The SMILES string of the molecule is CNC(=O)c1ccccc1S(=O)c1ccccc1CO. The van der Waals surface area contributed by atoms with Crippen LogP contribution in [0.2, 0.25) is 0 Å². The van der Waals surface area contributed by atoms with Crippen LogP contribution in [-0.4, -0.2) is 22.3 Å². The van der Waals surface area contributed by atoms with Gasteiger partial charge in [0, 0.05) is 11.9 Å². The van der Waals surface area contributed by atoms with Gasteiger partial charge in [-0.2, -0.15) is 0 Å². The summed E-state index contributed by atoms with van der Waals surface area (Å²) in [6.45, 7) is -0.190. The fourth-order valence-electron chi connectivity index (χ4n) is 1.88. The lowest BCUT2D eigenvalue weighted by Gasteiger charge is -2.10. The summed E-state index contributed by atoms with van der Waals surface area (Å²) in [5.41, 5.74) is 0.971. The van der Waals surface area contributed by atoms with Crippen LogP contribution in [0.25, 0.3) is 0 Å². The maximum absolute atomic E-state index is 12.7. The predicted octanol–water partition coefficient (Wildman–Crippen LogP) is 1.71. The highest BCUT2D eigenvalue weighted by molar-refractivity contribution is 7.85. The molecule has 104 valence electrons. The lowest BCUT2D eigenvalue weighted by Crippen LogP contribution is -2.20. The zero-order chi connectivity index (χ0) is 14.5. The third-order valence-corrected chi connectivity index (χ3v) is 4.45. The van der Waals surface area contributed by atoms with Gasteiger partial charge in [0.1, 0.15) is 0 Å². The quantitative estimate of drug-likeness (QED) is 0.900. The molecule has 5 heteroatoms. The van der Waals surface area contributed by atoms with Crippen molar-refractivity contribution in [1.82, 2.24) is 5.32 Å². The van der Waals surface area contributed by atoms with Crippen LogP contribution in [-0.2, 0) is 17.4 Å². The van der Waals surface area contributed by atoms with Gasteiger partial charge in [0.2, 0.25) is 0 Å². The van der Waals surface area contributed by atoms with Crippen molar-refractivity contribution in [3.05, 3.63) is 59.7 Å². The van der Waals surface area contributed by atoms with E-state index in [2.05, 4.69) is 5.32 Å². The van der Waals surface area contributed by atoms with Gasteiger partial charge in [-0.25, -0.2) is 4.21 Å². The molecule has 2 aromatic carbocycles. The molecule has 0 aliphatic heterocycles. The third kappa shape index (κ3) is 2.79. The summed E-state index contributed by atoms with van der Waals surface area (Å²) >= 11 is 0. The van der Waals surface area contributed by atoms with Crippen molar-refractivity contribution >= 4 is 16.7 Å². The van der Waals surface area contributed by atoms with Crippen LogP contribution in [0, 0.1) is 0 Å². The van der Waals surface area contributed by atoms with Crippen LogP contribution in [0.4, 0.5) is 0 Å². The Morgan fingerprint density at radius 2 is 1.70 bits per heavy atom. The van der Waals surface area contributed by atoms with E-state index in [1.54, 1.807) is 48.5 Å². The number of aliphatic hydroxyl groups excluding tert-OH is 1. The van der Waals surface area contributed by atoms with E-state index in [9.17, 15) is 14.1 Å². The van der Waals surface area contributed by atoms with E-state index in [0.717, 1.165) is 0 Å². The van der Waals surface area contributed by atoms with Crippen LogP contribution in [0.15, 0.2) is 58.3 Å². The van der Waals surface area contributed by atoms with Gasteiger partial charge in [0.05, 0.1) is 27.9 Å². The maximum Gasteiger partial charge on any atom is 0.252 e. The van der Waals surface area contributed by atoms with E-state index in [0.29, 0.717) is 20.9 Å². The summed E-state index contributed by atoms with van der Waals surface area (Å²) in [6.07, 6.45) is 0. The van der Waals surface area contributed by atoms with Gasteiger partial charge >= 0.3 is 0 Å². The molecule has 20 heavy (non-hydrogen) atoms. The minimum Gasteiger partial charge on any atom is -0.392 e. The number of carbonyl (C=O) groups is 1. The molecule has 0 radical (unpaired) electrons.